The first-order valence-corrected chi connectivity index (χ1v) is 25.1. The summed E-state index contributed by atoms with van der Waals surface area (Å²) in [6.45, 7) is 4.91. The van der Waals surface area contributed by atoms with Gasteiger partial charge in [-0.3, -0.25) is 9.88 Å². The van der Waals surface area contributed by atoms with Crippen LogP contribution in [0.15, 0.2) is 60.9 Å². The van der Waals surface area contributed by atoms with Gasteiger partial charge in [-0.25, -0.2) is 9.59 Å². The van der Waals surface area contributed by atoms with Gasteiger partial charge in [0.1, 0.15) is 48.5 Å². The highest BCUT2D eigenvalue weighted by molar-refractivity contribution is 6.31. The Hall–Kier alpha value is -4.26. The number of hydrogen-bond acceptors (Lipinski definition) is 16. The molecule has 1 saturated heterocycles. The Morgan fingerprint density at radius 3 is 2.15 bits per heavy atom. The van der Waals surface area contributed by atoms with Gasteiger partial charge in [0.2, 0.25) is 0 Å². The maximum Gasteiger partial charge on any atom is 0.317 e. The number of amides is 4. The number of aliphatic hydroxyl groups is 10. The zero-order chi connectivity index (χ0) is 51.2. The predicted octanol–water partition coefficient (Wildman–Crippen LogP) is -0.0948. The lowest BCUT2D eigenvalue weighted by Crippen LogP contribution is -2.60. The van der Waals surface area contributed by atoms with E-state index in [0.717, 1.165) is 68.4 Å². The molecule has 3 fully saturated rings. The number of piperazine rings is 1. The minimum Gasteiger partial charge on any atom is -0.490 e. The normalized spacial score (nSPS) is 20.1. The number of carbonyl (C=O) groups excluding carboxylic acids is 2. The zero-order valence-electron chi connectivity index (χ0n) is 40.3. The van der Waals surface area contributed by atoms with Crippen LogP contribution in [0.1, 0.15) is 74.5 Å². The standard InChI is InChI=1S/C50H74ClN7O13/c1-30(6-4-5-16-52-18-19-57-20-22-58(23-21-57)49(70)55-27-38(61)42(64)43(65)39(62)28-59)31-9-12-37(51)32(24-31)25-54-48(69)56-47(46(68)45(67)44(66)40(63)29-60)50(14-15-50)36-26-53-17-13-34(36)35-7-2-3-8-41(35)71-33-10-11-33/h2-3,7-9,12-13,17,24,26,30,33,38-40,42-47,52,59-68H,4-6,10-11,14-16,18-23,25,27-29H2,1H3,(H,55,70)(H2,54,56,69)/t30?,38-,39+,40+,42+,43+,44+,45-,46+,47?/m0/s1. The Balaban J connectivity index is 0.963. The van der Waals surface area contributed by atoms with Gasteiger partial charge in [0.05, 0.1) is 31.5 Å². The summed E-state index contributed by atoms with van der Waals surface area (Å²) >= 11 is 6.65. The third-order valence-corrected chi connectivity index (χ3v) is 14.4. The molecule has 14 N–H and O–H groups in total. The number of para-hydroxylation sites is 1. The SMILES string of the molecule is CC(CCCCNCCN1CCN(C(=O)NC[C@H](O)[C@@H](O)[C@H](O)[C@H](O)CO)CC1)c1ccc(Cl)c(CNC(=O)NC([C@H](O)[C@@H](O)[C@H](O)[C@H](O)CO)C2(c3cnccc3-c3ccccc3OC3CC3)CC2)c1. The fourth-order valence-corrected chi connectivity index (χ4v) is 9.33. The highest BCUT2D eigenvalue weighted by Gasteiger charge is 2.57. The van der Waals surface area contributed by atoms with Gasteiger partial charge in [0, 0.05) is 80.8 Å². The van der Waals surface area contributed by atoms with Gasteiger partial charge < -0.3 is 82.0 Å². The van der Waals surface area contributed by atoms with Crippen molar-refractivity contribution in [2.45, 2.75) is 131 Å². The number of nitrogens with zero attached hydrogens (tertiary/aromatic N) is 3. The lowest BCUT2D eigenvalue weighted by Gasteiger charge is -2.37. The molecule has 20 nitrogen and oxygen atoms in total. The van der Waals surface area contributed by atoms with Gasteiger partial charge in [0.15, 0.2) is 0 Å². The second-order valence-electron chi connectivity index (χ2n) is 19.2. The van der Waals surface area contributed by atoms with Crippen molar-refractivity contribution in [3.05, 3.63) is 82.6 Å². The minimum absolute atomic E-state index is 0.0474. The van der Waals surface area contributed by atoms with E-state index < -0.39 is 85.6 Å². The molecule has 3 aromatic rings. The van der Waals surface area contributed by atoms with Crippen LogP contribution in [0.3, 0.4) is 0 Å². The molecule has 4 amide bonds. The van der Waals surface area contributed by atoms with Crippen LogP contribution >= 0.6 is 11.6 Å². The minimum atomic E-state index is -1.94. The first-order chi connectivity index (χ1) is 34.1. The molecule has 2 saturated carbocycles. The number of ether oxygens (including phenoxy) is 1. The number of unbranched alkanes of at least 4 members (excludes halogenated alkanes) is 1. The first kappa shape index (κ1) is 56.0. The van der Waals surface area contributed by atoms with E-state index in [0.29, 0.717) is 60.9 Å². The van der Waals surface area contributed by atoms with Gasteiger partial charge in [-0.2, -0.15) is 0 Å². The van der Waals surface area contributed by atoms with Crippen molar-refractivity contribution in [1.29, 1.82) is 0 Å². The van der Waals surface area contributed by atoms with E-state index in [1.54, 1.807) is 23.4 Å². The van der Waals surface area contributed by atoms with Crippen LogP contribution in [0, 0.1) is 0 Å². The number of urea groups is 2. The van der Waals surface area contributed by atoms with Gasteiger partial charge in [-0.05, 0) is 91.4 Å². The van der Waals surface area contributed by atoms with Crippen LogP contribution in [-0.2, 0) is 12.0 Å². The number of hydrogen-bond donors (Lipinski definition) is 14. The fraction of sp³-hybridized carbons (Fsp3) is 0.620. The summed E-state index contributed by atoms with van der Waals surface area (Å²) in [4.78, 5) is 34.7. The van der Waals surface area contributed by atoms with Crippen molar-refractivity contribution >= 4 is 23.7 Å². The van der Waals surface area contributed by atoms with Gasteiger partial charge >= 0.3 is 12.1 Å². The molecule has 71 heavy (non-hydrogen) atoms. The van der Waals surface area contributed by atoms with E-state index >= 15 is 0 Å². The van der Waals surface area contributed by atoms with Crippen LogP contribution in [0.4, 0.5) is 9.59 Å². The van der Waals surface area contributed by atoms with Crippen molar-refractivity contribution in [3.8, 4) is 16.9 Å². The Morgan fingerprint density at radius 1 is 0.803 bits per heavy atom. The molecule has 10 atom stereocenters. The smallest absolute Gasteiger partial charge is 0.317 e. The molecule has 2 heterocycles. The number of benzene rings is 2. The largest absolute Gasteiger partial charge is 0.490 e. The zero-order valence-corrected chi connectivity index (χ0v) is 41.0. The molecule has 0 spiro atoms. The summed E-state index contributed by atoms with van der Waals surface area (Å²) in [5.41, 5.74) is 3.08. The lowest BCUT2D eigenvalue weighted by molar-refractivity contribution is -0.123. The third kappa shape index (κ3) is 15.2. The molecule has 6 rings (SSSR count). The number of pyridine rings is 1. The molecule has 1 aliphatic heterocycles. The van der Waals surface area contributed by atoms with E-state index in [1.807, 2.05) is 42.5 Å². The lowest BCUT2D eigenvalue weighted by atomic mass is 9.79. The number of aromatic nitrogens is 1. The first-order valence-electron chi connectivity index (χ1n) is 24.7. The predicted molar refractivity (Wildman–Crippen MR) is 264 cm³/mol. The molecular formula is C50H74ClN7O13. The van der Waals surface area contributed by atoms with Gasteiger partial charge in [-0.15, -0.1) is 0 Å². The van der Waals surface area contributed by atoms with Crippen molar-refractivity contribution in [2.75, 3.05) is 65.6 Å². The quantitative estimate of drug-likeness (QED) is 0.0423. The van der Waals surface area contributed by atoms with Crippen molar-refractivity contribution in [2.24, 2.45) is 0 Å². The summed E-state index contributed by atoms with van der Waals surface area (Å²) in [5, 5.41) is 114. The number of rotatable bonds is 28. The Kier molecular flexibility index (Phi) is 21.0. The van der Waals surface area contributed by atoms with Crippen molar-refractivity contribution in [3.63, 3.8) is 0 Å². The summed E-state index contributed by atoms with van der Waals surface area (Å²) in [7, 11) is 0. The molecule has 0 radical (unpaired) electrons. The summed E-state index contributed by atoms with van der Waals surface area (Å²) in [6, 6.07) is 13.0. The Labute approximate surface area is 419 Å². The summed E-state index contributed by atoms with van der Waals surface area (Å²) in [5.74, 6) is 0.882. The molecule has 21 heteroatoms. The van der Waals surface area contributed by atoms with Crippen molar-refractivity contribution in [1.82, 2.24) is 36.1 Å². The second-order valence-corrected chi connectivity index (χ2v) is 19.6. The van der Waals surface area contributed by atoms with Crippen LogP contribution < -0.4 is 26.0 Å². The topological polar surface area (TPSA) is 313 Å². The molecule has 0 bridgehead atoms. The Morgan fingerprint density at radius 2 is 1.48 bits per heavy atom. The fourth-order valence-electron chi connectivity index (χ4n) is 9.15. The van der Waals surface area contributed by atoms with Gasteiger partial charge in [-0.1, -0.05) is 55.3 Å². The van der Waals surface area contributed by atoms with E-state index in [9.17, 15) is 55.5 Å². The van der Waals surface area contributed by atoms with Crippen molar-refractivity contribution < 1.29 is 65.4 Å². The molecule has 1 aromatic heterocycles. The maximum atomic E-state index is 13.9. The number of carbonyl (C=O) groups is 2. The molecule has 2 unspecified atom stereocenters. The van der Waals surface area contributed by atoms with Gasteiger partial charge in [0.25, 0.3) is 0 Å². The number of nitrogens with one attached hydrogen (secondary N) is 4. The van der Waals surface area contributed by atoms with E-state index in [4.69, 9.17) is 21.4 Å². The second kappa shape index (κ2) is 26.6. The van der Waals surface area contributed by atoms with Crippen LogP contribution in [-0.4, -0.2) is 204 Å². The number of aliphatic hydroxyl groups excluding tert-OH is 10. The van der Waals surface area contributed by atoms with E-state index in [-0.39, 0.29) is 25.1 Å². The highest BCUT2D eigenvalue weighted by Crippen LogP contribution is 2.55. The van der Waals surface area contributed by atoms with E-state index in [1.165, 1.54) is 0 Å². The number of halogens is 1. The highest BCUT2D eigenvalue weighted by atomic mass is 35.5. The molecule has 3 aliphatic rings. The molecular weight excluding hydrogens is 942 g/mol. The summed E-state index contributed by atoms with van der Waals surface area (Å²) in [6.07, 6.45) is -4.83. The molecule has 394 valence electrons. The average Bonchev–Trinajstić information content (AvgIpc) is 4.35. The van der Waals surface area contributed by atoms with Crippen LogP contribution in [0.25, 0.3) is 11.1 Å². The average molecular weight is 1020 g/mol. The molecule has 2 aliphatic carbocycles. The molecule has 2 aromatic carbocycles. The van der Waals surface area contributed by atoms with Crippen LogP contribution in [0.2, 0.25) is 5.02 Å². The third-order valence-electron chi connectivity index (χ3n) is 14.0. The summed E-state index contributed by atoms with van der Waals surface area (Å²) < 4.78 is 6.25. The van der Waals surface area contributed by atoms with E-state index in [2.05, 4.69) is 38.1 Å². The van der Waals surface area contributed by atoms with Crippen LogP contribution in [0.5, 0.6) is 5.75 Å². The monoisotopic (exact) mass is 1020 g/mol. The Bertz CT molecular complexity index is 2150. The maximum absolute atomic E-state index is 13.9.